The maximum atomic E-state index is 12.4. The highest BCUT2D eigenvalue weighted by atomic mass is 16.5. The van der Waals surface area contributed by atoms with Gasteiger partial charge in [-0.25, -0.2) is 0 Å². The van der Waals surface area contributed by atoms with Crippen molar-refractivity contribution in [2.45, 2.75) is 19.4 Å². The third-order valence-corrected chi connectivity index (χ3v) is 4.27. The first-order valence-corrected chi connectivity index (χ1v) is 8.42. The zero-order valence-corrected chi connectivity index (χ0v) is 15.4. The van der Waals surface area contributed by atoms with Gasteiger partial charge in [0, 0.05) is 19.6 Å². The topological polar surface area (TPSA) is 71.1 Å². The molecule has 0 aliphatic carbocycles. The maximum absolute atomic E-state index is 12.4. The minimum Gasteiger partial charge on any atom is -0.493 e. The normalized spacial score (nSPS) is 13.4. The summed E-state index contributed by atoms with van der Waals surface area (Å²) in [5.74, 6) is 0.288. The van der Waals surface area contributed by atoms with Gasteiger partial charge in [0.05, 0.1) is 14.2 Å². The number of fused-ring (bicyclic) bond motifs is 1. The third-order valence-electron chi connectivity index (χ3n) is 4.27. The smallest absolute Gasteiger partial charge is 0.312 e. The van der Waals surface area contributed by atoms with Crippen LogP contribution in [-0.2, 0) is 22.6 Å². The van der Waals surface area contributed by atoms with E-state index in [-0.39, 0.29) is 0 Å². The molecule has 0 atom stereocenters. The minimum atomic E-state index is -0.539. The van der Waals surface area contributed by atoms with Crippen LogP contribution in [0.3, 0.4) is 0 Å². The van der Waals surface area contributed by atoms with Gasteiger partial charge in [-0.2, -0.15) is 0 Å². The summed E-state index contributed by atoms with van der Waals surface area (Å²) in [6.07, 6.45) is 1.50. The molecule has 0 spiro atoms. The molecular weight excluding hydrogens is 322 g/mol. The van der Waals surface area contributed by atoms with E-state index in [1.807, 2.05) is 31.1 Å². The van der Waals surface area contributed by atoms with Crippen LogP contribution >= 0.6 is 0 Å². The van der Waals surface area contributed by atoms with Crippen molar-refractivity contribution in [3.05, 3.63) is 23.3 Å². The molecule has 7 nitrogen and oxygen atoms in total. The van der Waals surface area contributed by atoms with Crippen molar-refractivity contribution >= 4 is 11.8 Å². The van der Waals surface area contributed by atoms with Crippen molar-refractivity contribution in [3.63, 3.8) is 0 Å². The summed E-state index contributed by atoms with van der Waals surface area (Å²) in [4.78, 5) is 28.0. The molecule has 2 amide bonds. The molecule has 1 aliphatic heterocycles. The standard InChI is InChI=1S/C18H27N3O4/c1-20(2)8-5-7-19-17(22)18(23)21-9-6-13-10-15(24-3)16(25-4)11-14(13)12-21/h10-11H,5-9,12H2,1-4H3,(H,19,22). The van der Waals surface area contributed by atoms with Gasteiger partial charge in [0.15, 0.2) is 11.5 Å². The lowest BCUT2D eigenvalue weighted by molar-refractivity contribution is -0.146. The van der Waals surface area contributed by atoms with Crippen LogP contribution in [-0.4, -0.2) is 69.6 Å². The van der Waals surface area contributed by atoms with Gasteiger partial charge < -0.3 is 24.6 Å². The second-order valence-electron chi connectivity index (χ2n) is 6.37. The summed E-state index contributed by atoms with van der Waals surface area (Å²) in [7, 11) is 7.13. The average Bonchev–Trinajstić information content (AvgIpc) is 2.62. The Hall–Kier alpha value is -2.28. The van der Waals surface area contributed by atoms with E-state index < -0.39 is 11.8 Å². The van der Waals surface area contributed by atoms with Crippen LogP contribution in [0.15, 0.2) is 12.1 Å². The van der Waals surface area contributed by atoms with Gasteiger partial charge in [0.1, 0.15) is 0 Å². The first-order valence-electron chi connectivity index (χ1n) is 8.42. The fraction of sp³-hybridized carbons (Fsp3) is 0.556. The number of methoxy groups -OCH3 is 2. The number of nitrogens with one attached hydrogen (secondary N) is 1. The van der Waals surface area contributed by atoms with Crippen LogP contribution in [0, 0.1) is 0 Å². The lowest BCUT2D eigenvalue weighted by Gasteiger charge is -2.29. The Morgan fingerprint density at radius 3 is 2.40 bits per heavy atom. The quantitative estimate of drug-likeness (QED) is 0.603. The molecule has 1 aromatic rings. The SMILES string of the molecule is COc1cc2c(cc1OC)CN(C(=O)C(=O)NCCCN(C)C)CC2. The molecule has 0 radical (unpaired) electrons. The fourth-order valence-corrected chi connectivity index (χ4v) is 2.87. The van der Waals surface area contributed by atoms with Crippen molar-refractivity contribution in [2.24, 2.45) is 0 Å². The first-order chi connectivity index (χ1) is 12.0. The molecule has 2 rings (SSSR count). The summed E-state index contributed by atoms with van der Waals surface area (Å²) >= 11 is 0. The molecule has 0 saturated heterocycles. The number of ether oxygens (including phenoxy) is 2. The second kappa shape index (κ2) is 8.71. The summed E-state index contributed by atoms with van der Waals surface area (Å²) in [5.41, 5.74) is 2.10. The van der Waals surface area contributed by atoms with E-state index >= 15 is 0 Å². The number of benzene rings is 1. The lowest BCUT2D eigenvalue weighted by atomic mass is 9.98. The Bertz CT molecular complexity index is 631. The molecular formula is C18H27N3O4. The van der Waals surface area contributed by atoms with Crippen LogP contribution in [0.25, 0.3) is 0 Å². The van der Waals surface area contributed by atoms with Gasteiger partial charge in [-0.3, -0.25) is 9.59 Å². The molecule has 0 fully saturated rings. The number of hydrogen-bond donors (Lipinski definition) is 1. The lowest BCUT2D eigenvalue weighted by Crippen LogP contribution is -2.45. The molecule has 1 aliphatic rings. The van der Waals surface area contributed by atoms with Crippen molar-refractivity contribution < 1.29 is 19.1 Å². The van der Waals surface area contributed by atoms with Crippen LogP contribution in [0.4, 0.5) is 0 Å². The average molecular weight is 349 g/mol. The number of amides is 2. The van der Waals surface area contributed by atoms with Crippen molar-refractivity contribution in [1.82, 2.24) is 15.1 Å². The van der Waals surface area contributed by atoms with Gasteiger partial charge in [0.2, 0.25) is 0 Å². The fourth-order valence-electron chi connectivity index (χ4n) is 2.87. The van der Waals surface area contributed by atoms with Gasteiger partial charge in [0.25, 0.3) is 0 Å². The zero-order valence-electron chi connectivity index (χ0n) is 15.4. The summed E-state index contributed by atoms with van der Waals surface area (Å²) in [5, 5.41) is 2.70. The van der Waals surface area contributed by atoms with Crippen molar-refractivity contribution in [1.29, 1.82) is 0 Å². The molecule has 0 unspecified atom stereocenters. The Morgan fingerprint density at radius 2 is 1.80 bits per heavy atom. The predicted molar refractivity (Wildman–Crippen MR) is 94.8 cm³/mol. The van der Waals surface area contributed by atoms with Crippen molar-refractivity contribution in [3.8, 4) is 11.5 Å². The van der Waals surface area contributed by atoms with Crippen LogP contribution in [0.1, 0.15) is 17.5 Å². The van der Waals surface area contributed by atoms with Gasteiger partial charge >= 0.3 is 11.8 Å². The van der Waals surface area contributed by atoms with E-state index in [4.69, 9.17) is 9.47 Å². The first kappa shape index (κ1) is 19.1. The zero-order chi connectivity index (χ0) is 18.4. The molecule has 25 heavy (non-hydrogen) atoms. The summed E-state index contributed by atoms with van der Waals surface area (Å²) < 4.78 is 10.6. The Morgan fingerprint density at radius 1 is 1.16 bits per heavy atom. The Balaban J connectivity index is 1.97. The van der Waals surface area contributed by atoms with E-state index in [9.17, 15) is 9.59 Å². The molecule has 1 heterocycles. The molecule has 138 valence electrons. The molecule has 0 bridgehead atoms. The van der Waals surface area contributed by atoms with Crippen LogP contribution in [0.2, 0.25) is 0 Å². The van der Waals surface area contributed by atoms with Gasteiger partial charge in [-0.15, -0.1) is 0 Å². The van der Waals surface area contributed by atoms with E-state index in [1.165, 1.54) is 0 Å². The summed E-state index contributed by atoms with van der Waals surface area (Å²) in [6, 6.07) is 3.82. The maximum Gasteiger partial charge on any atom is 0.312 e. The van der Waals surface area contributed by atoms with Crippen LogP contribution < -0.4 is 14.8 Å². The van der Waals surface area contributed by atoms with E-state index in [1.54, 1.807) is 19.1 Å². The molecule has 1 aromatic carbocycles. The third kappa shape index (κ3) is 4.85. The van der Waals surface area contributed by atoms with Gasteiger partial charge in [-0.05, 0) is 56.7 Å². The Labute approximate surface area is 148 Å². The minimum absolute atomic E-state index is 0.402. The highest BCUT2D eigenvalue weighted by Crippen LogP contribution is 2.33. The van der Waals surface area contributed by atoms with Crippen molar-refractivity contribution in [2.75, 3.05) is 47.9 Å². The molecule has 1 N–H and O–H groups in total. The van der Waals surface area contributed by atoms with Crippen LogP contribution in [0.5, 0.6) is 11.5 Å². The highest BCUT2D eigenvalue weighted by Gasteiger charge is 2.26. The van der Waals surface area contributed by atoms with E-state index in [0.717, 1.165) is 24.1 Å². The van der Waals surface area contributed by atoms with Gasteiger partial charge in [-0.1, -0.05) is 0 Å². The predicted octanol–water partition coefficient (Wildman–Crippen LogP) is 0.656. The number of carbonyl (C=O) groups excluding carboxylic acids is 2. The number of rotatable bonds is 6. The summed E-state index contributed by atoms with van der Waals surface area (Å²) in [6.45, 7) is 2.29. The molecule has 7 heteroatoms. The second-order valence-corrected chi connectivity index (χ2v) is 6.37. The number of nitrogens with zero attached hydrogens (tertiary/aromatic N) is 2. The van der Waals surface area contributed by atoms with E-state index in [2.05, 4.69) is 5.32 Å². The molecule has 0 saturated carbocycles. The molecule has 0 aromatic heterocycles. The number of carbonyl (C=O) groups is 2. The Kier molecular flexibility index (Phi) is 6.64. The number of hydrogen-bond acceptors (Lipinski definition) is 5. The largest absolute Gasteiger partial charge is 0.493 e. The van der Waals surface area contributed by atoms with E-state index in [0.29, 0.717) is 37.6 Å². The monoisotopic (exact) mass is 349 g/mol. The highest BCUT2D eigenvalue weighted by molar-refractivity contribution is 6.35.